The second-order valence-electron chi connectivity index (χ2n) is 9.22. The van der Waals surface area contributed by atoms with Crippen LogP contribution in [0.2, 0.25) is 0 Å². The third-order valence-electron chi connectivity index (χ3n) is 6.52. The van der Waals surface area contributed by atoms with Gasteiger partial charge in [-0.05, 0) is 50.0 Å². The number of rotatable bonds is 13. The van der Waals surface area contributed by atoms with Crippen LogP contribution < -0.4 is 15.0 Å². The van der Waals surface area contributed by atoms with Crippen LogP contribution in [0.4, 0.5) is 14.7 Å². The zero-order valence-electron chi connectivity index (χ0n) is 21.2. The number of hydrogen-bond acceptors (Lipinski definition) is 7. The fraction of sp³-hybridized carbons (Fsp3) is 0.500. The third kappa shape index (κ3) is 8.09. The van der Waals surface area contributed by atoms with Gasteiger partial charge in [-0.15, -0.1) is 0 Å². The van der Waals surface area contributed by atoms with Crippen LogP contribution in [0.5, 0.6) is 5.75 Å². The molecular formula is C26H32F2N4O6. The summed E-state index contributed by atoms with van der Waals surface area (Å²) >= 11 is 0. The molecule has 0 bridgehead atoms. The number of anilines is 1. The second kappa shape index (κ2) is 13.6. The Hall–Kier alpha value is -3.83. The number of nitrogens with zero attached hydrogens (tertiary/aromatic N) is 3. The predicted molar refractivity (Wildman–Crippen MR) is 133 cm³/mol. The predicted octanol–water partition coefficient (Wildman–Crippen LogP) is 3.44. The molecule has 10 nitrogen and oxygen atoms in total. The number of carbonyl (C=O) groups excluding carboxylic acids is 1. The van der Waals surface area contributed by atoms with Crippen molar-refractivity contribution in [1.82, 2.24) is 15.3 Å². The quantitative estimate of drug-likeness (QED) is 0.329. The first kappa shape index (κ1) is 28.7. The molecule has 1 aromatic carbocycles. The van der Waals surface area contributed by atoms with Crippen molar-refractivity contribution in [1.29, 1.82) is 0 Å². The zero-order chi connectivity index (χ0) is 27.7. The summed E-state index contributed by atoms with van der Waals surface area (Å²) in [4.78, 5) is 45.2. The Morgan fingerprint density at radius 3 is 2.32 bits per heavy atom. The molecule has 0 aliphatic carbocycles. The van der Waals surface area contributed by atoms with Gasteiger partial charge in [0.25, 0.3) is 5.91 Å². The SMILES string of the molecule is CCc1cnc(N2CCC(CCCOc3cc(F)c(C(=O)N[C@@H](CCC(=O)O)C(=O)O)c(F)c3)CC2)nc1. The van der Waals surface area contributed by atoms with Crippen LogP contribution in [0.1, 0.15) is 61.4 Å². The smallest absolute Gasteiger partial charge is 0.326 e. The van der Waals surface area contributed by atoms with Crippen molar-refractivity contribution in [2.75, 3.05) is 24.6 Å². The van der Waals surface area contributed by atoms with E-state index in [9.17, 15) is 23.2 Å². The minimum absolute atomic E-state index is 0.0836. The maximum absolute atomic E-state index is 14.5. The maximum atomic E-state index is 14.5. The van der Waals surface area contributed by atoms with Crippen LogP contribution in [-0.2, 0) is 16.0 Å². The van der Waals surface area contributed by atoms with E-state index < -0.39 is 53.9 Å². The van der Waals surface area contributed by atoms with Crippen molar-refractivity contribution in [2.45, 2.75) is 57.9 Å². The summed E-state index contributed by atoms with van der Waals surface area (Å²) in [6.45, 7) is 4.01. The van der Waals surface area contributed by atoms with E-state index in [0.717, 1.165) is 62.4 Å². The highest BCUT2D eigenvalue weighted by Gasteiger charge is 2.26. The lowest BCUT2D eigenvalue weighted by Crippen LogP contribution is -2.41. The molecule has 206 valence electrons. The summed E-state index contributed by atoms with van der Waals surface area (Å²) < 4.78 is 34.5. The van der Waals surface area contributed by atoms with Crippen molar-refractivity contribution >= 4 is 23.8 Å². The Balaban J connectivity index is 1.45. The number of hydrogen-bond donors (Lipinski definition) is 3. The van der Waals surface area contributed by atoms with Gasteiger partial charge in [0.1, 0.15) is 29.0 Å². The molecule has 0 radical (unpaired) electrons. The summed E-state index contributed by atoms with van der Waals surface area (Å²) in [6.07, 6.45) is 7.17. The molecule has 0 unspecified atom stereocenters. The van der Waals surface area contributed by atoms with Crippen LogP contribution in [0.3, 0.4) is 0 Å². The topological polar surface area (TPSA) is 142 Å². The van der Waals surface area contributed by atoms with Crippen molar-refractivity contribution < 1.29 is 38.1 Å². The number of carboxylic acids is 2. The van der Waals surface area contributed by atoms with E-state index in [4.69, 9.17) is 14.9 Å². The average molecular weight is 535 g/mol. The van der Waals surface area contributed by atoms with Gasteiger partial charge in [0.05, 0.1) is 6.61 Å². The molecule has 12 heteroatoms. The largest absolute Gasteiger partial charge is 0.493 e. The van der Waals surface area contributed by atoms with E-state index in [1.54, 1.807) is 0 Å². The number of piperidine rings is 1. The van der Waals surface area contributed by atoms with Crippen molar-refractivity contribution in [2.24, 2.45) is 5.92 Å². The lowest BCUT2D eigenvalue weighted by molar-refractivity contribution is -0.140. The van der Waals surface area contributed by atoms with Crippen LogP contribution in [-0.4, -0.2) is 63.8 Å². The van der Waals surface area contributed by atoms with Gasteiger partial charge >= 0.3 is 11.9 Å². The number of carbonyl (C=O) groups is 3. The number of carboxylic acid groups (broad SMARTS) is 2. The van der Waals surface area contributed by atoms with Gasteiger partial charge < -0.3 is 25.2 Å². The van der Waals surface area contributed by atoms with Crippen molar-refractivity contribution in [3.8, 4) is 5.75 Å². The Morgan fingerprint density at radius 1 is 1.13 bits per heavy atom. The lowest BCUT2D eigenvalue weighted by atomic mass is 9.92. The highest BCUT2D eigenvalue weighted by Crippen LogP contribution is 2.25. The summed E-state index contributed by atoms with van der Waals surface area (Å²) in [5.41, 5.74) is 0.139. The van der Waals surface area contributed by atoms with E-state index in [0.29, 0.717) is 12.3 Å². The van der Waals surface area contributed by atoms with Gasteiger partial charge in [-0.1, -0.05) is 6.92 Å². The average Bonchev–Trinajstić information content (AvgIpc) is 2.89. The lowest BCUT2D eigenvalue weighted by Gasteiger charge is -2.32. The van der Waals surface area contributed by atoms with Gasteiger partial charge in [0, 0.05) is 44.0 Å². The first-order valence-electron chi connectivity index (χ1n) is 12.6. The number of amides is 1. The molecular weight excluding hydrogens is 502 g/mol. The number of aryl methyl sites for hydroxylation is 1. The molecule has 0 spiro atoms. The number of aliphatic carboxylic acids is 2. The molecule has 3 N–H and O–H groups in total. The summed E-state index contributed by atoms with van der Waals surface area (Å²) in [6, 6.07) is 0.134. The molecule has 0 saturated carbocycles. The van der Waals surface area contributed by atoms with Crippen LogP contribution >= 0.6 is 0 Å². The first-order chi connectivity index (χ1) is 18.2. The number of ether oxygens (including phenoxy) is 1. The Labute approximate surface area is 219 Å². The molecule has 1 amide bonds. The molecule has 1 aliphatic heterocycles. The molecule has 1 aliphatic rings. The minimum atomic E-state index is -1.60. The van der Waals surface area contributed by atoms with E-state index in [-0.39, 0.29) is 12.4 Å². The minimum Gasteiger partial charge on any atom is -0.493 e. The summed E-state index contributed by atoms with van der Waals surface area (Å²) in [5, 5.41) is 19.8. The van der Waals surface area contributed by atoms with E-state index in [2.05, 4.69) is 21.8 Å². The van der Waals surface area contributed by atoms with Crippen LogP contribution in [0.15, 0.2) is 24.5 Å². The number of benzene rings is 1. The molecule has 1 atom stereocenters. The van der Waals surface area contributed by atoms with Crippen LogP contribution in [0, 0.1) is 17.6 Å². The first-order valence-corrected chi connectivity index (χ1v) is 12.6. The van der Waals surface area contributed by atoms with E-state index >= 15 is 0 Å². The van der Waals surface area contributed by atoms with Crippen LogP contribution in [0.25, 0.3) is 0 Å². The van der Waals surface area contributed by atoms with Gasteiger partial charge in [-0.3, -0.25) is 9.59 Å². The van der Waals surface area contributed by atoms with Gasteiger partial charge in [0.2, 0.25) is 5.95 Å². The summed E-state index contributed by atoms with van der Waals surface area (Å²) in [5.74, 6) is -5.33. The summed E-state index contributed by atoms with van der Waals surface area (Å²) in [7, 11) is 0. The number of nitrogens with one attached hydrogen (secondary N) is 1. The monoisotopic (exact) mass is 534 g/mol. The second-order valence-corrected chi connectivity index (χ2v) is 9.22. The van der Waals surface area contributed by atoms with E-state index in [1.807, 2.05) is 17.7 Å². The molecule has 1 aromatic heterocycles. The Morgan fingerprint density at radius 2 is 1.76 bits per heavy atom. The number of aromatic nitrogens is 2. The number of halogens is 2. The highest BCUT2D eigenvalue weighted by molar-refractivity contribution is 5.97. The molecule has 38 heavy (non-hydrogen) atoms. The van der Waals surface area contributed by atoms with Crippen molar-refractivity contribution in [3.05, 3.63) is 47.3 Å². The van der Waals surface area contributed by atoms with Gasteiger partial charge in [-0.2, -0.15) is 0 Å². The zero-order valence-corrected chi connectivity index (χ0v) is 21.2. The third-order valence-corrected chi connectivity index (χ3v) is 6.52. The standard InChI is InChI=1S/C26H32F2N4O6/c1-2-16-14-29-26(30-15-16)32-9-7-17(8-10-32)4-3-11-38-18-12-19(27)23(20(28)13-18)24(35)31-21(25(36)37)5-6-22(33)34/h12-15,17,21H,2-11H2,1H3,(H,31,35)(H,33,34)(H,36,37)/t21-/m0/s1. The Bertz CT molecular complexity index is 1100. The molecule has 1 saturated heterocycles. The van der Waals surface area contributed by atoms with E-state index in [1.165, 1.54) is 0 Å². The van der Waals surface area contributed by atoms with Gasteiger partial charge in [0.15, 0.2) is 0 Å². The fourth-order valence-electron chi connectivity index (χ4n) is 4.28. The Kier molecular flexibility index (Phi) is 10.3. The van der Waals surface area contributed by atoms with Crippen molar-refractivity contribution in [3.63, 3.8) is 0 Å². The normalized spacial score (nSPS) is 14.7. The molecule has 2 aromatic rings. The molecule has 2 heterocycles. The highest BCUT2D eigenvalue weighted by atomic mass is 19.1. The molecule has 3 rings (SSSR count). The fourth-order valence-corrected chi connectivity index (χ4v) is 4.28. The molecule has 1 fully saturated rings. The maximum Gasteiger partial charge on any atom is 0.326 e. The van der Waals surface area contributed by atoms with Gasteiger partial charge in [-0.25, -0.2) is 23.5 Å².